The van der Waals surface area contributed by atoms with E-state index in [1.807, 2.05) is 22.9 Å². The van der Waals surface area contributed by atoms with Gasteiger partial charge in [0.1, 0.15) is 11.6 Å². The third-order valence-corrected chi connectivity index (χ3v) is 4.18. The number of fused-ring (bicyclic) bond motifs is 1. The Labute approximate surface area is 146 Å². The van der Waals surface area contributed by atoms with E-state index < -0.39 is 5.82 Å². The van der Waals surface area contributed by atoms with Gasteiger partial charge in [-0.05, 0) is 24.3 Å². The third-order valence-electron chi connectivity index (χ3n) is 3.58. The summed E-state index contributed by atoms with van der Waals surface area (Å²) in [5, 5.41) is 4.30. The first-order valence-electron chi connectivity index (χ1n) is 7.01. The Hall–Kier alpha value is -2.57. The summed E-state index contributed by atoms with van der Waals surface area (Å²) < 4.78 is 15.2. The van der Waals surface area contributed by atoms with E-state index >= 15 is 0 Å². The lowest BCUT2D eigenvalue weighted by atomic mass is 10.2. The lowest BCUT2D eigenvalue weighted by molar-refractivity contribution is 0.628. The molecule has 0 amide bonds. The third kappa shape index (κ3) is 2.50. The minimum atomic E-state index is -0.495. The molecule has 0 aliphatic rings. The number of pyridine rings is 1. The maximum absolute atomic E-state index is 13.3. The normalized spacial score (nSPS) is 11.1. The molecule has 8 heteroatoms. The van der Waals surface area contributed by atoms with Crippen LogP contribution in [0.5, 0.6) is 0 Å². The number of H-pyrrole nitrogens is 1. The highest BCUT2D eigenvalue weighted by atomic mass is 35.5. The van der Waals surface area contributed by atoms with Crippen LogP contribution < -0.4 is 5.32 Å². The van der Waals surface area contributed by atoms with Gasteiger partial charge in [-0.25, -0.2) is 14.4 Å². The van der Waals surface area contributed by atoms with E-state index in [1.165, 1.54) is 12.1 Å². The Morgan fingerprint density at radius 1 is 1.08 bits per heavy atom. The van der Waals surface area contributed by atoms with E-state index in [9.17, 15) is 4.39 Å². The standard InChI is InChI=1S/C16H10Cl2FN5/c17-11-7-9(19)8-12(18)14(11)23-15-10-2-6-24(13(10)1-3-20-15)16-21-4-5-22-16/h1-8H,(H,20,23)(H,21,22). The molecule has 0 unspecified atom stereocenters. The summed E-state index contributed by atoms with van der Waals surface area (Å²) in [5.74, 6) is 0.763. The van der Waals surface area contributed by atoms with E-state index in [0.29, 0.717) is 17.5 Å². The highest BCUT2D eigenvalue weighted by molar-refractivity contribution is 6.39. The molecular formula is C16H10Cl2FN5. The van der Waals surface area contributed by atoms with Gasteiger partial charge in [0.2, 0.25) is 5.95 Å². The van der Waals surface area contributed by atoms with Crippen molar-refractivity contribution in [2.75, 3.05) is 5.32 Å². The van der Waals surface area contributed by atoms with Gasteiger partial charge in [-0.2, -0.15) is 0 Å². The second-order valence-corrected chi connectivity index (χ2v) is 5.87. The minimum absolute atomic E-state index is 0.185. The van der Waals surface area contributed by atoms with Gasteiger partial charge < -0.3 is 10.3 Å². The van der Waals surface area contributed by atoms with Gasteiger partial charge in [-0.1, -0.05) is 23.2 Å². The average molecular weight is 362 g/mol. The zero-order valence-electron chi connectivity index (χ0n) is 12.1. The van der Waals surface area contributed by atoms with E-state index in [4.69, 9.17) is 23.2 Å². The van der Waals surface area contributed by atoms with E-state index in [1.54, 1.807) is 18.6 Å². The van der Waals surface area contributed by atoms with Crippen molar-refractivity contribution in [2.24, 2.45) is 0 Å². The molecule has 0 aliphatic heterocycles. The van der Waals surface area contributed by atoms with Crippen LogP contribution in [0.25, 0.3) is 16.9 Å². The summed E-state index contributed by atoms with van der Waals surface area (Å²) in [6, 6.07) is 6.17. The Morgan fingerprint density at radius 2 is 1.88 bits per heavy atom. The van der Waals surface area contributed by atoms with Crippen LogP contribution in [0.2, 0.25) is 10.0 Å². The molecule has 0 fully saturated rings. The summed E-state index contributed by atoms with van der Waals surface area (Å²) in [5.41, 5.74) is 1.31. The second-order valence-electron chi connectivity index (χ2n) is 5.06. The number of nitrogens with zero attached hydrogens (tertiary/aromatic N) is 3. The number of aromatic amines is 1. The fourth-order valence-corrected chi connectivity index (χ4v) is 3.07. The van der Waals surface area contributed by atoms with Gasteiger partial charge >= 0.3 is 0 Å². The Kier molecular flexibility index (Phi) is 3.63. The molecule has 4 aromatic rings. The number of hydrogen-bond acceptors (Lipinski definition) is 3. The molecule has 0 atom stereocenters. The van der Waals surface area contributed by atoms with Gasteiger partial charge in [-0.3, -0.25) is 4.57 Å². The van der Waals surface area contributed by atoms with E-state index in [0.717, 1.165) is 10.9 Å². The van der Waals surface area contributed by atoms with Crippen LogP contribution in [0.1, 0.15) is 0 Å². The molecule has 0 radical (unpaired) electrons. The zero-order chi connectivity index (χ0) is 16.7. The fourth-order valence-electron chi connectivity index (χ4n) is 2.52. The number of imidazole rings is 1. The van der Waals surface area contributed by atoms with Crippen molar-refractivity contribution in [3.05, 3.63) is 64.9 Å². The molecule has 24 heavy (non-hydrogen) atoms. The number of halogens is 3. The van der Waals surface area contributed by atoms with Crippen LogP contribution in [0.3, 0.4) is 0 Å². The first kappa shape index (κ1) is 15.0. The number of aromatic nitrogens is 4. The number of hydrogen-bond donors (Lipinski definition) is 2. The SMILES string of the molecule is Fc1cc(Cl)c(Nc2nccc3c2ccn3-c2ncc[nH]2)c(Cl)c1. The predicted octanol–water partition coefficient (Wildman–Crippen LogP) is 4.94. The van der Waals surface area contributed by atoms with Gasteiger partial charge in [-0.15, -0.1) is 0 Å². The van der Waals surface area contributed by atoms with Crippen molar-refractivity contribution in [2.45, 2.75) is 0 Å². The largest absolute Gasteiger partial charge is 0.337 e. The highest BCUT2D eigenvalue weighted by Gasteiger charge is 2.13. The number of benzene rings is 1. The van der Waals surface area contributed by atoms with E-state index in [2.05, 4.69) is 20.3 Å². The maximum atomic E-state index is 13.3. The van der Waals surface area contributed by atoms with Gasteiger partial charge in [0, 0.05) is 30.2 Å². The number of nitrogens with one attached hydrogen (secondary N) is 2. The van der Waals surface area contributed by atoms with Crippen LogP contribution in [0.4, 0.5) is 15.9 Å². The quantitative estimate of drug-likeness (QED) is 0.543. The summed E-state index contributed by atoms with van der Waals surface area (Å²) in [4.78, 5) is 11.6. The van der Waals surface area contributed by atoms with Gasteiger partial charge in [0.15, 0.2) is 0 Å². The highest BCUT2D eigenvalue weighted by Crippen LogP contribution is 2.35. The van der Waals surface area contributed by atoms with Crippen molar-refractivity contribution in [3.8, 4) is 5.95 Å². The van der Waals surface area contributed by atoms with Crippen LogP contribution in [-0.2, 0) is 0 Å². The average Bonchev–Trinajstić information content (AvgIpc) is 3.19. The molecule has 1 aromatic carbocycles. The van der Waals surface area contributed by atoms with Crippen LogP contribution in [0, 0.1) is 5.82 Å². The molecule has 0 aliphatic carbocycles. The maximum Gasteiger partial charge on any atom is 0.211 e. The van der Waals surface area contributed by atoms with Crippen molar-refractivity contribution in [3.63, 3.8) is 0 Å². The molecule has 120 valence electrons. The van der Waals surface area contributed by atoms with Crippen molar-refractivity contribution in [1.29, 1.82) is 0 Å². The summed E-state index contributed by atoms with van der Waals surface area (Å²) in [6.45, 7) is 0. The van der Waals surface area contributed by atoms with Crippen LogP contribution in [-0.4, -0.2) is 19.5 Å². The Balaban J connectivity index is 1.81. The molecule has 3 heterocycles. The van der Waals surface area contributed by atoms with Crippen molar-refractivity contribution in [1.82, 2.24) is 19.5 Å². The van der Waals surface area contributed by atoms with Crippen molar-refractivity contribution < 1.29 is 4.39 Å². The van der Waals surface area contributed by atoms with Gasteiger partial charge in [0.05, 0.1) is 21.2 Å². The molecule has 2 N–H and O–H groups in total. The summed E-state index contributed by atoms with van der Waals surface area (Å²) in [6.07, 6.45) is 6.97. The smallest absolute Gasteiger partial charge is 0.211 e. The lowest BCUT2D eigenvalue weighted by Crippen LogP contribution is -1.98. The molecule has 3 aromatic heterocycles. The molecule has 0 bridgehead atoms. The topological polar surface area (TPSA) is 58.5 Å². The molecule has 0 saturated heterocycles. The van der Waals surface area contributed by atoms with Crippen LogP contribution in [0.15, 0.2) is 49.1 Å². The first-order chi connectivity index (χ1) is 11.6. The molecule has 0 saturated carbocycles. The molecular weight excluding hydrogens is 352 g/mol. The van der Waals surface area contributed by atoms with E-state index in [-0.39, 0.29) is 10.0 Å². The van der Waals surface area contributed by atoms with Crippen LogP contribution >= 0.6 is 23.2 Å². The second kappa shape index (κ2) is 5.81. The summed E-state index contributed by atoms with van der Waals surface area (Å²) in [7, 11) is 0. The number of rotatable bonds is 3. The summed E-state index contributed by atoms with van der Waals surface area (Å²) >= 11 is 12.2. The lowest BCUT2D eigenvalue weighted by Gasteiger charge is -2.11. The first-order valence-corrected chi connectivity index (χ1v) is 7.76. The Morgan fingerprint density at radius 3 is 2.58 bits per heavy atom. The van der Waals surface area contributed by atoms with Crippen molar-refractivity contribution >= 4 is 45.6 Å². The molecule has 5 nitrogen and oxygen atoms in total. The predicted molar refractivity (Wildman–Crippen MR) is 92.9 cm³/mol. The fraction of sp³-hybridized carbons (Fsp3) is 0. The Bertz CT molecular complexity index is 1000. The molecule has 0 spiro atoms. The minimum Gasteiger partial charge on any atom is -0.337 e. The molecule has 4 rings (SSSR count). The number of anilines is 2. The monoisotopic (exact) mass is 361 g/mol. The van der Waals surface area contributed by atoms with Gasteiger partial charge in [0.25, 0.3) is 0 Å². The zero-order valence-corrected chi connectivity index (χ0v) is 13.6.